The molecule has 0 aliphatic carbocycles. The normalized spacial score (nSPS) is 9.00. The van der Waals surface area contributed by atoms with Gasteiger partial charge < -0.3 is 11.1 Å². The second kappa shape index (κ2) is 5.72. The van der Waals surface area contributed by atoms with E-state index >= 15 is 0 Å². The molecule has 0 atom stereocenters. The average Bonchev–Trinajstić information content (AvgIpc) is 2.02. The van der Waals surface area contributed by atoms with Gasteiger partial charge in [-0.2, -0.15) is 0 Å². The second-order valence-electron chi connectivity index (χ2n) is 2.45. The number of nitrogens with one attached hydrogen (secondary N) is 1. The lowest BCUT2D eigenvalue weighted by molar-refractivity contribution is 0.570. The molecule has 0 saturated heterocycles. The zero-order valence-electron chi connectivity index (χ0n) is 7.09. The van der Waals surface area contributed by atoms with Crippen molar-refractivity contribution in [2.75, 3.05) is 0 Å². The maximum absolute atomic E-state index is 12.9. The molecule has 1 aromatic rings. The van der Waals surface area contributed by atoms with Crippen molar-refractivity contribution in [2.24, 2.45) is 5.73 Å². The summed E-state index contributed by atoms with van der Waals surface area (Å²) < 4.78 is 25.4. The molecule has 78 valence electrons. The monoisotopic (exact) mass is 238 g/mol. The first-order valence-corrected chi connectivity index (χ1v) is 3.97. The van der Waals surface area contributed by atoms with Crippen molar-refractivity contribution in [1.29, 1.82) is 0 Å². The van der Waals surface area contributed by atoms with Gasteiger partial charge in [0, 0.05) is 18.2 Å². The van der Waals surface area contributed by atoms with Crippen LogP contribution < -0.4 is 11.1 Å². The van der Waals surface area contributed by atoms with Crippen molar-refractivity contribution in [1.82, 2.24) is 5.32 Å². The Morgan fingerprint density at radius 1 is 1.43 bits per heavy atom. The summed E-state index contributed by atoms with van der Waals surface area (Å²) in [6.07, 6.45) is 0. The van der Waals surface area contributed by atoms with Crippen molar-refractivity contribution >= 4 is 29.7 Å². The van der Waals surface area contributed by atoms with Gasteiger partial charge in [-0.1, -0.05) is 6.07 Å². The van der Waals surface area contributed by atoms with Crippen LogP contribution in [0.25, 0.3) is 0 Å². The van der Waals surface area contributed by atoms with Crippen LogP contribution in [-0.4, -0.2) is 5.11 Å². The summed E-state index contributed by atoms with van der Waals surface area (Å²) in [5.41, 5.74) is 5.47. The zero-order chi connectivity index (χ0) is 9.84. The first-order valence-electron chi connectivity index (χ1n) is 3.57. The Bertz CT molecular complexity index is 333. The minimum atomic E-state index is -0.608. The van der Waals surface area contributed by atoms with Crippen LogP contribution in [0.4, 0.5) is 8.78 Å². The molecule has 0 fully saturated rings. The van der Waals surface area contributed by atoms with Gasteiger partial charge in [-0.25, -0.2) is 8.78 Å². The number of halogens is 3. The van der Waals surface area contributed by atoms with E-state index in [2.05, 4.69) is 17.5 Å². The third kappa shape index (κ3) is 3.85. The maximum Gasteiger partial charge on any atom is 0.163 e. The van der Waals surface area contributed by atoms with Crippen molar-refractivity contribution in [3.63, 3.8) is 0 Å². The molecule has 0 bridgehead atoms. The van der Waals surface area contributed by atoms with Gasteiger partial charge in [-0.3, -0.25) is 0 Å². The molecule has 14 heavy (non-hydrogen) atoms. The van der Waals surface area contributed by atoms with E-state index in [4.69, 9.17) is 5.73 Å². The molecule has 0 saturated carbocycles. The van der Waals surface area contributed by atoms with Crippen LogP contribution in [-0.2, 0) is 6.54 Å². The van der Waals surface area contributed by atoms with Crippen LogP contribution in [0.2, 0.25) is 0 Å². The van der Waals surface area contributed by atoms with Crippen LogP contribution in [0, 0.1) is 11.6 Å². The number of hydrogen-bond donors (Lipinski definition) is 2. The number of rotatable bonds is 2. The largest absolute Gasteiger partial charge is 0.376 e. The zero-order valence-corrected chi connectivity index (χ0v) is 8.72. The highest BCUT2D eigenvalue weighted by atomic mass is 35.5. The predicted octanol–water partition coefficient (Wildman–Crippen LogP) is 1.72. The van der Waals surface area contributed by atoms with Gasteiger partial charge >= 0.3 is 0 Å². The van der Waals surface area contributed by atoms with E-state index in [1.807, 2.05) is 0 Å². The van der Waals surface area contributed by atoms with E-state index in [1.165, 1.54) is 12.1 Å². The summed E-state index contributed by atoms with van der Waals surface area (Å²) in [6.45, 7) is 0.168. The summed E-state index contributed by atoms with van der Waals surface area (Å²) in [5, 5.41) is 2.66. The van der Waals surface area contributed by atoms with E-state index in [0.29, 0.717) is 5.56 Å². The number of benzene rings is 1. The fraction of sp³-hybridized carbons (Fsp3) is 0.125. The lowest BCUT2D eigenvalue weighted by Gasteiger charge is -2.04. The first kappa shape index (κ1) is 13.1. The summed E-state index contributed by atoms with van der Waals surface area (Å²) in [4.78, 5) is 0. The van der Waals surface area contributed by atoms with Crippen molar-refractivity contribution < 1.29 is 8.78 Å². The third-order valence-electron chi connectivity index (χ3n) is 1.47. The van der Waals surface area contributed by atoms with Gasteiger partial charge in [0.15, 0.2) is 5.11 Å². The van der Waals surface area contributed by atoms with Gasteiger partial charge in [0.1, 0.15) is 11.6 Å². The Morgan fingerprint density at radius 2 is 2.07 bits per heavy atom. The standard InChI is InChI=1S/C8H8F2N2S.ClH/c9-6-2-1-5(7(10)3-6)4-12-8(11)13;/h1-3H,4H2,(H3,11,12,13);1H. The van der Waals surface area contributed by atoms with Crippen molar-refractivity contribution in [3.05, 3.63) is 35.4 Å². The second-order valence-corrected chi connectivity index (χ2v) is 2.89. The topological polar surface area (TPSA) is 38.0 Å². The summed E-state index contributed by atoms with van der Waals surface area (Å²) in [6, 6.07) is 3.34. The molecule has 2 nitrogen and oxygen atoms in total. The fourth-order valence-electron chi connectivity index (χ4n) is 0.847. The molecule has 0 aromatic heterocycles. The minimum absolute atomic E-state index is 0. The number of hydrogen-bond acceptors (Lipinski definition) is 1. The van der Waals surface area contributed by atoms with Gasteiger partial charge in [0.25, 0.3) is 0 Å². The molecule has 6 heteroatoms. The SMILES string of the molecule is Cl.NC(=S)NCc1ccc(F)cc1F. The highest BCUT2D eigenvalue weighted by Gasteiger charge is 2.02. The van der Waals surface area contributed by atoms with Gasteiger partial charge in [0.05, 0.1) is 0 Å². The Balaban J connectivity index is 0.00000169. The molecule has 0 spiro atoms. The Kier molecular flexibility index (Phi) is 5.34. The highest BCUT2D eigenvalue weighted by Crippen LogP contribution is 2.08. The quantitative estimate of drug-likeness (QED) is 0.771. The van der Waals surface area contributed by atoms with E-state index in [-0.39, 0.29) is 24.1 Å². The predicted molar refractivity (Wildman–Crippen MR) is 57.2 cm³/mol. The van der Waals surface area contributed by atoms with Gasteiger partial charge in [0.2, 0.25) is 0 Å². The van der Waals surface area contributed by atoms with Crippen LogP contribution in [0.5, 0.6) is 0 Å². The highest BCUT2D eigenvalue weighted by molar-refractivity contribution is 7.80. The van der Waals surface area contributed by atoms with Gasteiger partial charge in [-0.05, 0) is 18.3 Å². The fourth-order valence-corrected chi connectivity index (χ4v) is 0.920. The molecule has 3 N–H and O–H groups in total. The summed E-state index contributed by atoms with van der Waals surface area (Å²) in [7, 11) is 0. The molecule has 0 heterocycles. The molecular weight excluding hydrogens is 230 g/mol. The molecule has 0 aliphatic rings. The number of nitrogens with two attached hydrogens (primary N) is 1. The summed E-state index contributed by atoms with van der Waals surface area (Å²) >= 11 is 4.53. The lowest BCUT2D eigenvalue weighted by Crippen LogP contribution is -2.28. The van der Waals surface area contributed by atoms with E-state index < -0.39 is 11.6 Å². The molecule has 0 unspecified atom stereocenters. The molecule has 0 aliphatic heterocycles. The molecule has 0 radical (unpaired) electrons. The van der Waals surface area contributed by atoms with Crippen LogP contribution in [0.1, 0.15) is 5.56 Å². The Hall–Kier alpha value is -0.940. The lowest BCUT2D eigenvalue weighted by atomic mass is 10.2. The molecule has 0 amide bonds. The van der Waals surface area contributed by atoms with Crippen LogP contribution in [0.15, 0.2) is 18.2 Å². The van der Waals surface area contributed by atoms with Crippen molar-refractivity contribution in [3.8, 4) is 0 Å². The maximum atomic E-state index is 12.9. The molecule has 1 aromatic carbocycles. The Labute approximate surface area is 91.9 Å². The molecule has 1 rings (SSSR count). The van der Waals surface area contributed by atoms with Gasteiger partial charge in [-0.15, -0.1) is 12.4 Å². The van der Waals surface area contributed by atoms with Crippen LogP contribution in [0.3, 0.4) is 0 Å². The Morgan fingerprint density at radius 3 is 2.57 bits per heavy atom. The van der Waals surface area contributed by atoms with Crippen LogP contribution >= 0.6 is 24.6 Å². The van der Waals surface area contributed by atoms with Crippen molar-refractivity contribution in [2.45, 2.75) is 6.54 Å². The first-order chi connectivity index (χ1) is 6.09. The van der Waals surface area contributed by atoms with E-state index in [0.717, 1.165) is 6.07 Å². The van der Waals surface area contributed by atoms with E-state index in [9.17, 15) is 8.78 Å². The molecular formula is C8H9ClF2N2S. The third-order valence-corrected chi connectivity index (χ3v) is 1.61. The van der Waals surface area contributed by atoms with E-state index in [1.54, 1.807) is 0 Å². The minimum Gasteiger partial charge on any atom is -0.376 e. The smallest absolute Gasteiger partial charge is 0.163 e. The average molecular weight is 239 g/mol. The summed E-state index contributed by atoms with van der Waals surface area (Å²) in [5.74, 6) is -1.21. The number of thiocarbonyl (C=S) groups is 1.